The Morgan fingerprint density at radius 3 is 2.19 bits per heavy atom. The van der Waals surface area contributed by atoms with Crippen LogP contribution in [0.15, 0.2) is 11.8 Å². The van der Waals surface area contributed by atoms with Gasteiger partial charge in [-0.1, -0.05) is 6.08 Å². The van der Waals surface area contributed by atoms with Gasteiger partial charge in [-0.3, -0.25) is 14.4 Å². The Hall–Kier alpha value is -1.85. The van der Waals surface area contributed by atoms with Gasteiger partial charge >= 0.3 is 0 Å². The maximum Gasteiger partial charge on any atom is 0.268 e. The summed E-state index contributed by atoms with van der Waals surface area (Å²) in [7, 11) is 1.48. The fraction of sp³-hybridized carbons (Fsp3) is 0.500. The van der Waals surface area contributed by atoms with E-state index in [1.165, 1.54) is 20.0 Å². The van der Waals surface area contributed by atoms with Gasteiger partial charge in [-0.2, -0.15) is 0 Å². The minimum absolute atomic E-state index is 0.128. The molecule has 0 aromatic heterocycles. The predicted molar refractivity (Wildman–Crippen MR) is 59.2 cm³/mol. The van der Waals surface area contributed by atoms with E-state index in [1.807, 2.05) is 0 Å². The van der Waals surface area contributed by atoms with Gasteiger partial charge in [-0.05, 0) is 13.8 Å². The molecule has 0 saturated carbocycles. The van der Waals surface area contributed by atoms with Crippen LogP contribution >= 0.6 is 0 Å². The zero-order valence-electron chi connectivity index (χ0n) is 9.88. The fourth-order valence-corrected chi connectivity index (χ4v) is 1.01. The molecule has 0 heterocycles. The predicted octanol–water partition coefficient (Wildman–Crippen LogP) is -0.723. The van der Waals surface area contributed by atoms with Crippen molar-refractivity contribution in [3.8, 4) is 0 Å². The molecular weight excluding hydrogens is 210 g/mol. The first-order valence-electron chi connectivity index (χ1n) is 4.88. The molecule has 0 aromatic rings. The number of rotatable bonds is 4. The molecule has 0 aliphatic rings. The first-order chi connectivity index (χ1) is 7.42. The second-order valence-corrected chi connectivity index (χ2v) is 3.19. The van der Waals surface area contributed by atoms with Crippen LogP contribution in [-0.4, -0.2) is 30.8 Å². The molecule has 3 N–H and O–H groups in total. The minimum Gasteiger partial charge on any atom is -0.357 e. The summed E-state index contributed by atoms with van der Waals surface area (Å²) in [6.07, 6.45) is 1.47. The molecule has 6 nitrogen and oxygen atoms in total. The molecule has 0 spiro atoms. The normalized spacial score (nSPS) is 12.6. The van der Waals surface area contributed by atoms with E-state index in [0.29, 0.717) is 0 Å². The molecule has 6 heteroatoms. The molecule has 16 heavy (non-hydrogen) atoms. The summed E-state index contributed by atoms with van der Waals surface area (Å²) in [6.45, 7) is 4.48. The summed E-state index contributed by atoms with van der Waals surface area (Å²) >= 11 is 0. The van der Waals surface area contributed by atoms with Crippen LogP contribution in [0.1, 0.15) is 20.8 Å². The number of hydrogen-bond donors (Lipinski definition) is 3. The lowest BCUT2D eigenvalue weighted by Crippen LogP contribution is -2.46. The molecule has 0 unspecified atom stereocenters. The summed E-state index contributed by atoms with van der Waals surface area (Å²) in [5.41, 5.74) is 0.128. The zero-order valence-corrected chi connectivity index (χ0v) is 9.88. The van der Waals surface area contributed by atoms with Crippen LogP contribution in [0.2, 0.25) is 0 Å². The van der Waals surface area contributed by atoms with E-state index in [1.54, 1.807) is 13.8 Å². The Bertz CT molecular complexity index is 323. The van der Waals surface area contributed by atoms with Gasteiger partial charge in [-0.15, -0.1) is 0 Å². The lowest BCUT2D eigenvalue weighted by molar-refractivity contribution is -0.127. The summed E-state index contributed by atoms with van der Waals surface area (Å²) < 4.78 is 0. The summed E-state index contributed by atoms with van der Waals surface area (Å²) in [5.74, 6) is -1.13. The van der Waals surface area contributed by atoms with E-state index in [2.05, 4.69) is 16.0 Å². The van der Waals surface area contributed by atoms with Gasteiger partial charge in [-0.25, -0.2) is 0 Å². The van der Waals surface area contributed by atoms with Gasteiger partial charge in [0.25, 0.3) is 5.91 Å². The van der Waals surface area contributed by atoms with Gasteiger partial charge in [0.15, 0.2) is 0 Å². The lowest BCUT2D eigenvalue weighted by atomic mass is 10.3. The van der Waals surface area contributed by atoms with E-state index >= 15 is 0 Å². The van der Waals surface area contributed by atoms with Crippen molar-refractivity contribution in [2.24, 2.45) is 0 Å². The maximum atomic E-state index is 11.6. The van der Waals surface area contributed by atoms with Crippen molar-refractivity contribution in [3.63, 3.8) is 0 Å². The monoisotopic (exact) mass is 227 g/mol. The molecule has 90 valence electrons. The number of nitrogens with one attached hydrogen (secondary N) is 3. The van der Waals surface area contributed by atoms with Crippen LogP contribution < -0.4 is 16.0 Å². The number of hydrogen-bond acceptors (Lipinski definition) is 3. The van der Waals surface area contributed by atoms with Crippen LogP contribution in [0.3, 0.4) is 0 Å². The van der Waals surface area contributed by atoms with Crippen molar-refractivity contribution >= 4 is 17.7 Å². The summed E-state index contributed by atoms with van der Waals surface area (Å²) in [6, 6.07) is -0.652. The standard InChI is InChI=1S/C10H17N3O3/c1-5-8(13-7(3)14)10(16)12-6(2)9(15)11-4/h5-6H,1-4H3,(H,11,15)(H,12,16)(H,13,14)/b8-5-/t6-/m0/s1. The van der Waals surface area contributed by atoms with Crippen molar-refractivity contribution in [2.45, 2.75) is 26.8 Å². The van der Waals surface area contributed by atoms with E-state index < -0.39 is 11.9 Å². The second-order valence-electron chi connectivity index (χ2n) is 3.19. The van der Waals surface area contributed by atoms with Crippen molar-refractivity contribution in [3.05, 3.63) is 11.8 Å². The molecule has 0 aliphatic heterocycles. The molecule has 0 saturated heterocycles. The highest BCUT2D eigenvalue weighted by Crippen LogP contribution is 1.91. The highest BCUT2D eigenvalue weighted by Gasteiger charge is 2.16. The Morgan fingerprint density at radius 2 is 1.81 bits per heavy atom. The third kappa shape index (κ3) is 4.59. The molecule has 0 aromatic carbocycles. The van der Waals surface area contributed by atoms with Crippen LogP contribution in [0.4, 0.5) is 0 Å². The SMILES string of the molecule is C/C=C(\NC(C)=O)C(=O)N[C@@H](C)C(=O)NC. The maximum absolute atomic E-state index is 11.6. The van der Waals surface area contributed by atoms with Crippen molar-refractivity contribution in [2.75, 3.05) is 7.05 Å². The largest absolute Gasteiger partial charge is 0.357 e. The Kier molecular flexibility index (Phi) is 5.84. The smallest absolute Gasteiger partial charge is 0.268 e. The van der Waals surface area contributed by atoms with Crippen LogP contribution in [0, 0.1) is 0 Å². The topological polar surface area (TPSA) is 87.3 Å². The Morgan fingerprint density at radius 1 is 1.25 bits per heavy atom. The molecule has 0 fully saturated rings. The minimum atomic E-state index is -0.652. The van der Waals surface area contributed by atoms with Crippen LogP contribution in [0.5, 0.6) is 0 Å². The molecule has 0 aliphatic carbocycles. The number of amides is 3. The van der Waals surface area contributed by atoms with Gasteiger partial charge in [0.05, 0.1) is 0 Å². The lowest BCUT2D eigenvalue weighted by Gasteiger charge is -2.14. The summed E-state index contributed by atoms with van der Waals surface area (Å²) in [4.78, 5) is 33.5. The van der Waals surface area contributed by atoms with Crippen LogP contribution in [0.25, 0.3) is 0 Å². The number of carbonyl (C=O) groups excluding carboxylic acids is 3. The van der Waals surface area contributed by atoms with Gasteiger partial charge in [0.1, 0.15) is 11.7 Å². The van der Waals surface area contributed by atoms with Crippen LogP contribution in [-0.2, 0) is 14.4 Å². The highest BCUT2D eigenvalue weighted by molar-refractivity contribution is 5.99. The number of allylic oxidation sites excluding steroid dienone is 1. The quantitative estimate of drug-likeness (QED) is 0.554. The highest BCUT2D eigenvalue weighted by atomic mass is 16.2. The van der Waals surface area contributed by atoms with E-state index in [0.717, 1.165) is 0 Å². The average molecular weight is 227 g/mol. The van der Waals surface area contributed by atoms with E-state index in [4.69, 9.17) is 0 Å². The summed E-state index contributed by atoms with van der Waals surface area (Å²) in [5, 5.41) is 7.23. The first kappa shape index (κ1) is 14.2. The number of likely N-dealkylation sites (N-methyl/N-ethyl adjacent to an activating group) is 1. The van der Waals surface area contributed by atoms with Crippen molar-refractivity contribution in [1.82, 2.24) is 16.0 Å². The Balaban J connectivity index is 4.44. The molecule has 3 amide bonds. The van der Waals surface area contributed by atoms with Crippen molar-refractivity contribution in [1.29, 1.82) is 0 Å². The molecule has 0 rings (SSSR count). The van der Waals surface area contributed by atoms with E-state index in [-0.39, 0.29) is 17.5 Å². The first-order valence-corrected chi connectivity index (χ1v) is 4.88. The number of carbonyl (C=O) groups is 3. The van der Waals surface area contributed by atoms with E-state index in [9.17, 15) is 14.4 Å². The average Bonchev–Trinajstić information content (AvgIpc) is 2.23. The second kappa shape index (κ2) is 6.60. The molecular formula is C10H17N3O3. The third-order valence-corrected chi connectivity index (χ3v) is 1.83. The molecule has 1 atom stereocenters. The third-order valence-electron chi connectivity index (χ3n) is 1.83. The fourth-order valence-electron chi connectivity index (χ4n) is 1.01. The van der Waals surface area contributed by atoms with Gasteiger partial charge in [0.2, 0.25) is 11.8 Å². The Labute approximate surface area is 94.5 Å². The van der Waals surface area contributed by atoms with Gasteiger partial charge in [0, 0.05) is 14.0 Å². The zero-order chi connectivity index (χ0) is 12.7. The molecule has 0 radical (unpaired) electrons. The van der Waals surface area contributed by atoms with Crippen molar-refractivity contribution < 1.29 is 14.4 Å². The molecule has 0 bridgehead atoms. The van der Waals surface area contributed by atoms with Gasteiger partial charge < -0.3 is 16.0 Å².